The Hall–Kier alpha value is -2.82. The summed E-state index contributed by atoms with van der Waals surface area (Å²) in [5.74, 6) is 0.642. The van der Waals surface area contributed by atoms with Crippen LogP contribution in [0.5, 0.6) is 0 Å². The molecule has 1 aromatic carbocycles. The number of nitrogens with zero attached hydrogens (tertiary/aromatic N) is 4. The highest BCUT2D eigenvalue weighted by molar-refractivity contribution is 6.03. The fourth-order valence-electron chi connectivity index (χ4n) is 4.98. The minimum absolute atomic E-state index is 0. The van der Waals surface area contributed by atoms with E-state index in [2.05, 4.69) is 14.1 Å². The highest BCUT2D eigenvalue weighted by Gasteiger charge is 2.41. The number of aliphatic hydroxyl groups is 1. The Morgan fingerprint density at radius 2 is 1.93 bits per heavy atom. The normalized spacial score (nSPS) is 17.5. The largest absolute Gasteiger partial charge is 0.388 e. The minimum Gasteiger partial charge on any atom is -0.388 e. The van der Waals surface area contributed by atoms with Gasteiger partial charge in [0.05, 0.1) is 16.6 Å². The molecule has 7 nitrogen and oxygen atoms in total. The standard InChI is InChI=1S/C22H23N5O2.ClH/c1-24-22(13-28)9-11-26(12-10-22)21-15-6-4-5-14(15)18(19(23)29)20-25-16-7-2-3-8-17(16)27(20)21;/h2-3,7-8,28H,4-6,9-13H2,(H2,23,29);1H. The maximum Gasteiger partial charge on any atom is 0.258 e. The van der Waals surface area contributed by atoms with Gasteiger partial charge >= 0.3 is 0 Å². The third-order valence-corrected chi connectivity index (χ3v) is 6.56. The molecule has 2 aromatic heterocycles. The summed E-state index contributed by atoms with van der Waals surface area (Å²) < 4.78 is 2.09. The van der Waals surface area contributed by atoms with Crippen molar-refractivity contribution >= 4 is 40.8 Å². The number of hydrogen-bond donors (Lipinski definition) is 2. The van der Waals surface area contributed by atoms with Crippen LogP contribution in [-0.2, 0) is 12.8 Å². The lowest BCUT2D eigenvalue weighted by Gasteiger charge is -2.36. The molecule has 0 atom stereocenters. The highest BCUT2D eigenvalue weighted by atomic mass is 35.5. The Kier molecular flexibility index (Phi) is 5.08. The van der Waals surface area contributed by atoms with E-state index in [4.69, 9.17) is 17.3 Å². The Morgan fingerprint density at radius 1 is 1.23 bits per heavy atom. The van der Waals surface area contributed by atoms with Gasteiger partial charge in [0.2, 0.25) is 0 Å². The van der Waals surface area contributed by atoms with Gasteiger partial charge in [0, 0.05) is 25.9 Å². The third kappa shape index (κ3) is 2.83. The number of aliphatic hydroxyl groups excluding tert-OH is 1. The lowest BCUT2D eigenvalue weighted by atomic mass is 9.89. The summed E-state index contributed by atoms with van der Waals surface area (Å²) in [6.07, 6.45) is 3.96. The van der Waals surface area contributed by atoms with Crippen LogP contribution in [0.1, 0.15) is 40.7 Å². The molecule has 1 amide bonds. The van der Waals surface area contributed by atoms with Crippen molar-refractivity contribution in [3.05, 3.63) is 52.4 Å². The first-order chi connectivity index (χ1) is 14.1. The predicted molar refractivity (Wildman–Crippen MR) is 118 cm³/mol. The molecule has 30 heavy (non-hydrogen) atoms. The molecule has 3 aromatic rings. The van der Waals surface area contributed by atoms with E-state index >= 15 is 0 Å². The van der Waals surface area contributed by atoms with Gasteiger partial charge in [-0.2, -0.15) is 0 Å². The highest BCUT2D eigenvalue weighted by Crippen LogP contribution is 2.40. The molecule has 8 heteroatoms. The molecule has 0 radical (unpaired) electrons. The van der Waals surface area contributed by atoms with Crippen LogP contribution in [0.3, 0.4) is 0 Å². The molecular weight excluding hydrogens is 402 g/mol. The summed E-state index contributed by atoms with van der Waals surface area (Å²) in [6.45, 7) is 8.78. The Labute approximate surface area is 180 Å². The molecule has 0 saturated carbocycles. The van der Waals surface area contributed by atoms with Gasteiger partial charge in [-0.3, -0.25) is 9.20 Å². The van der Waals surface area contributed by atoms with Gasteiger partial charge in [-0.25, -0.2) is 11.6 Å². The van der Waals surface area contributed by atoms with E-state index in [-0.39, 0.29) is 19.0 Å². The first-order valence-corrected chi connectivity index (χ1v) is 10.1. The molecule has 1 fully saturated rings. The molecule has 3 N–H and O–H groups in total. The van der Waals surface area contributed by atoms with E-state index in [9.17, 15) is 9.90 Å². The molecular formula is C22H24ClN5O2. The number of rotatable bonds is 3. The van der Waals surface area contributed by atoms with Gasteiger partial charge in [-0.05, 0) is 42.5 Å². The third-order valence-electron chi connectivity index (χ3n) is 6.56. The zero-order chi connectivity index (χ0) is 20.2. The number of anilines is 1. The molecule has 1 saturated heterocycles. The van der Waals surface area contributed by atoms with Gasteiger partial charge in [-0.15, -0.1) is 12.4 Å². The fourth-order valence-corrected chi connectivity index (χ4v) is 4.98. The molecule has 0 unspecified atom stereocenters. The van der Waals surface area contributed by atoms with Crippen molar-refractivity contribution in [3.63, 3.8) is 0 Å². The average molecular weight is 426 g/mol. The lowest BCUT2D eigenvalue weighted by molar-refractivity contribution is 0.100. The predicted octanol–water partition coefficient (Wildman–Crippen LogP) is 2.75. The number of carbonyl (C=O) groups is 1. The monoisotopic (exact) mass is 425 g/mol. The zero-order valence-corrected chi connectivity index (χ0v) is 17.4. The van der Waals surface area contributed by atoms with Crippen LogP contribution < -0.4 is 10.6 Å². The summed E-state index contributed by atoms with van der Waals surface area (Å²) in [4.78, 5) is 23.2. The van der Waals surface area contributed by atoms with Crippen molar-refractivity contribution in [1.82, 2.24) is 9.38 Å². The zero-order valence-electron chi connectivity index (χ0n) is 16.6. The summed E-state index contributed by atoms with van der Waals surface area (Å²) in [5, 5.41) is 9.73. The quantitative estimate of drug-likeness (QED) is 0.631. The molecule has 1 aliphatic heterocycles. The van der Waals surface area contributed by atoms with Crippen LogP contribution in [0.15, 0.2) is 24.3 Å². The van der Waals surface area contributed by atoms with Crippen molar-refractivity contribution in [3.8, 4) is 0 Å². The number of pyridine rings is 1. The number of hydrogen-bond acceptors (Lipinski definition) is 4. The molecule has 0 spiro atoms. The van der Waals surface area contributed by atoms with Crippen LogP contribution in [-0.4, -0.2) is 45.6 Å². The van der Waals surface area contributed by atoms with Crippen molar-refractivity contribution in [1.29, 1.82) is 0 Å². The number of benzene rings is 1. The summed E-state index contributed by atoms with van der Waals surface area (Å²) in [6, 6.07) is 7.89. The number of carbonyl (C=O) groups excluding carboxylic acids is 1. The number of para-hydroxylation sites is 2. The van der Waals surface area contributed by atoms with E-state index in [1.807, 2.05) is 24.3 Å². The minimum atomic E-state index is -0.678. The van der Waals surface area contributed by atoms with E-state index < -0.39 is 11.4 Å². The van der Waals surface area contributed by atoms with Crippen LogP contribution in [0.4, 0.5) is 5.82 Å². The van der Waals surface area contributed by atoms with E-state index in [1.165, 1.54) is 5.56 Å². The number of halogens is 1. The van der Waals surface area contributed by atoms with E-state index in [0.717, 1.165) is 41.7 Å². The van der Waals surface area contributed by atoms with Crippen LogP contribution in [0.25, 0.3) is 21.5 Å². The Bertz CT molecular complexity index is 1190. The maximum atomic E-state index is 12.4. The number of aromatic nitrogens is 2. The van der Waals surface area contributed by atoms with Gasteiger partial charge in [-0.1, -0.05) is 12.1 Å². The first kappa shape index (κ1) is 20.5. The SMILES string of the molecule is Cl.[C-]#[N+]C1(CO)CCN(c2c3c(c(C(N)=O)c4nc5ccccc5n24)CCC3)CC1. The number of imidazole rings is 1. The second kappa shape index (κ2) is 7.46. The van der Waals surface area contributed by atoms with Crippen LogP contribution >= 0.6 is 12.4 Å². The topological polar surface area (TPSA) is 88.2 Å². The number of nitrogens with two attached hydrogens (primary N) is 1. The van der Waals surface area contributed by atoms with Crippen molar-refractivity contribution in [2.75, 3.05) is 24.6 Å². The molecule has 156 valence electrons. The summed E-state index contributed by atoms with van der Waals surface area (Å²) in [5.41, 5.74) is 10.3. The number of piperidine rings is 1. The van der Waals surface area contributed by atoms with Crippen molar-refractivity contribution in [2.45, 2.75) is 37.6 Å². The van der Waals surface area contributed by atoms with E-state index in [1.54, 1.807) is 0 Å². The summed E-state index contributed by atoms with van der Waals surface area (Å²) in [7, 11) is 0. The van der Waals surface area contributed by atoms with Crippen LogP contribution in [0.2, 0.25) is 0 Å². The van der Waals surface area contributed by atoms with Gasteiger partial charge in [0.15, 0.2) is 5.65 Å². The molecule has 5 rings (SSSR count). The molecule has 3 heterocycles. The van der Waals surface area contributed by atoms with Gasteiger partial charge in [0.1, 0.15) is 12.4 Å². The molecule has 1 aliphatic carbocycles. The first-order valence-electron chi connectivity index (χ1n) is 10.1. The smallest absolute Gasteiger partial charge is 0.258 e. The lowest BCUT2D eigenvalue weighted by Crippen LogP contribution is -2.45. The Balaban J connectivity index is 0.00000218. The average Bonchev–Trinajstić information content (AvgIpc) is 3.36. The van der Waals surface area contributed by atoms with Crippen LogP contribution in [0, 0.1) is 6.57 Å². The summed E-state index contributed by atoms with van der Waals surface area (Å²) >= 11 is 0. The fraction of sp³-hybridized carbons (Fsp3) is 0.409. The number of fused-ring (bicyclic) bond motifs is 4. The van der Waals surface area contributed by atoms with Crippen molar-refractivity contribution in [2.24, 2.45) is 5.73 Å². The second-order valence-corrected chi connectivity index (χ2v) is 8.11. The second-order valence-electron chi connectivity index (χ2n) is 8.11. The molecule has 0 bridgehead atoms. The Morgan fingerprint density at radius 3 is 2.60 bits per heavy atom. The maximum absolute atomic E-state index is 12.4. The number of primary amides is 1. The van der Waals surface area contributed by atoms with Gasteiger partial charge in [0.25, 0.3) is 11.4 Å². The van der Waals surface area contributed by atoms with E-state index in [0.29, 0.717) is 37.1 Å². The number of amides is 1. The van der Waals surface area contributed by atoms with Crippen molar-refractivity contribution < 1.29 is 9.90 Å². The van der Waals surface area contributed by atoms with Gasteiger partial charge < -0.3 is 20.6 Å². The molecule has 2 aliphatic rings.